The van der Waals surface area contributed by atoms with Crippen LogP contribution in [-0.4, -0.2) is 29.0 Å². The van der Waals surface area contributed by atoms with Gasteiger partial charge in [0, 0.05) is 30.7 Å². The van der Waals surface area contributed by atoms with E-state index in [1.807, 2.05) is 12.3 Å². The Labute approximate surface area is 114 Å². The number of para-hydroxylation sites is 1. The molecule has 1 aliphatic rings. The predicted molar refractivity (Wildman–Crippen MR) is 78.8 cm³/mol. The van der Waals surface area contributed by atoms with E-state index in [-0.39, 0.29) is 0 Å². The summed E-state index contributed by atoms with van der Waals surface area (Å²) in [7, 11) is 0. The number of nitrogens with zero attached hydrogens (tertiary/aromatic N) is 2. The molecule has 19 heavy (non-hydrogen) atoms. The molecule has 1 aromatic heterocycles. The Morgan fingerprint density at radius 2 is 2.16 bits per heavy atom. The van der Waals surface area contributed by atoms with Gasteiger partial charge in [-0.15, -0.1) is 0 Å². The van der Waals surface area contributed by atoms with Gasteiger partial charge in [-0.25, -0.2) is 0 Å². The van der Waals surface area contributed by atoms with Crippen LogP contribution in [0, 0.1) is 5.92 Å². The monoisotopic (exact) mass is 255 g/mol. The summed E-state index contributed by atoms with van der Waals surface area (Å²) in [6.45, 7) is 5.20. The highest BCUT2D eigenvalue weighted by Gasteiger charge is 2.29. The second-order valence-corrected chi connectivity index (χ2v) is 5.53. The van der Waals surface area contributed by atoms with Crippen LogP contribution in [0.5, 0.6) is 0 Å². The molecule has 0 bridgehead atoms. The van der Waals surface area contributed by atoms with Crippen LogP contribution in [0.25, 0.3) is 10.9 Å². The minimum absolute atomic E-state index is 0.520. The van der Waals surface area contributed by atoms with Gasteiger partial charge in [0.05, 0.1) is 5.52 Å². The van der Waals surface area contributed by atoms with Gasteiger partial charge in [0.2, 0.25) is 0 Å². The maximum absolute atomic E-state index is 5.93. The average Bonchev–Trinajstić information content (AvgIpc) is 2.79. The summed E-state index contributed by atoms with van der Waals surface area (Å²) in [5.74, 6) is 0.707. The molecule has 100 valence electrons. The third-order valence-electron chi connectivity index (χ3n) is 4.35. The van der Waals surface area contributed by atoms with Gasteiger partial charge >= 0.3 is 0 Å². The number of hydrogen-bond donors (Lipinski definition) is 1. The first-order valence-electron chi connectivity index (χ1n) is 7.06. The van der Waals surface area contributed by atoms with Crippen molar-refractivity contribution in [2.45, 2.75) is 25.9 Å². The lowest BCUT2D eigenvalue weighted by Gasteiger charge is -2.26. The fraction of sp³-hybridized carbons (Fsp3) is 0.438. The number of aromatic nitrogens is 1. The molecule has 0 aliphatic carbocycles. The first-order chi connectivity index (χ1) is 9.29. The first-order valence-corrected chi connectivity index (χ1v) is 7.06. The third-order valence-corrected chi connectivity index (χ3v) is 4.35. The second-order valence-electron chi connectivity index (χ2n) is 5.53. The molecule has 3 heteroatoms. The van der Waals surface area contributed by atoms with E-state index in [0.717, 1.165) is 25.2 Å². The van der Waals surface area contributed by atoms with Crippen LogP contribution in [0.1, 0.15) is 18.9 Å². The van der Waals surface area contributed by atoms with E-state index in [0.29, 0.717) is 12.0 Å². The molecule has 1 saturated heterocycles. The number of fused-ring (bicyclic) bond motifs is 1. The van der Waals surface area contributed by atoms with Gasteiger partial charge in [0.25, 0.3) is 0 Å². The molecule has 2 atom stereocenters. The second kappa shape index (κ2) is 5.27. The summed E-state index contributed by atoms with van der Waals surface area (Å²) in [6, 6.07) is 11.0. The van der Waals surface area contributed by atoms with Crippen LogP contribution in [0.4, 0.5) is 0 Å². The lowest BCUT2D eigenvalue weighted by atomic mass is 10.0. The molecule has 2 unspecified atom stereocenters. The smallest absolute Gasteiger partial charge is 0.0705 e. The third kappa shape index (κ3) is 2.36. The number of rotatable bonds is 3. The zero-order chi connectivity index (χ0) is 13.2. The summed E-state index contributed by atoms with van der Waals surface area (Å²) in [6.07, 6.45) is 3.17. The Balaban J connectivity index is 1.89. The van der Waals surface area contributed by atoms with E-state index in [4.69, 9.17) is 5.73 Å². The number of nitrogens with two attached hydrogens (primary N) is 1. The zero-order valence-electron chi connectivity index (χ0n) is 11.4. The minimum Gasteiger partial charge on any atom is -0.329 e. The highest BCUT2D eigenvalue weighted by molar-refractivity contribution is 5.81. The Morgan fingerprint density at radius 3 is 3.00 bits per heavy atom. The van der Waals surface area contributed by atoms with E-state index in [2.05, 4.69) is 41.1 Å². The standard InChI is InChI=1S/C16H21N3/c1-12-7-9-19(16(12)10-17)11-13-6-8-18-15-5-3-2-4-14(13)15/h2-6,8,12,16H,7,9-11,17H2,1H3. The summed E-state index contributed by atoms with van der Waals surface area (Å²) in [5.41, 5.74) is 8.37. The lowest BCUT2D eigenvalue weighted by molar-refractivity contribution is 0.229. The first kappa shape index (κ1) is 12.6. The van der Waals surface area contributed by atoms with E-state index >= 15 is 0 Å². The molecule has 3 rings (SSSR count). The lowest BCUT2D eigenvalue weighted by Crippen LogP contribution is -2.37. The molecular formula is C16H21N3. The van der Waals surface area contributed by atoms with E-state index < -0.39 is 0 Å². The van der Waals surface area contributed by atoms with Crippen LogP contribution in [0.15, 0.2) is 36.5 Å². The van der Waals surface area contributed by atoms with Crippen molar-refractivity contribution in [2.24, 2.45) is 11.7 Å². The molecule has 0 spiro atoms. The van der Waals surface area contributed by atoms with Crippen molar-refractivity contribution in [3.63, 3.8) is 0 Å². The van der Waals surface area contributed by atoms with Gasteiger partial charge in [-0.1, -0.05) is 25.1 Å². The van der Waals surface area contributed by atoms with Gasteiger partial charge < -0.3 is 5.73 Å². The van der Waals surface area contributed by atoms with Gasteiger partial charge in [0.15, 0.2) is 0 Å². The Hall–Kier alpha value is -1.45. The molecule has 1 aliphatic heterocycles. The number of likely N-dealkylation sites (tertiary alicyclic amines) is 1. The van der Waals surface area contributed by atoms with Crippen molar-refractivity contribution in [3.8, 4) is 0 Å². The summed E-state index contributed by atoms with van der Waals surface area (Å²) in [5, 5.41) is 1.26. The molecule has 0 radical (unpaired) electrons. The van der Waals surface area contributed by atoms with Gasteiger partial charge in [-0.3, -0.25) is 9.88 Å². The quantitative estimate of drug-likeness (QED) is 0.915. The summed E-state index contributed by atoms with van der Waals surface area (Å²) in [4.78, 5) is 6.95. The molecule has 3 nitrogen and oxygen atoms in total. The van der Waals surface area contributed by atoms with Crippen molar-refractivity contribution in [3.05, 3.63) is 42.1 Å². The van der Waals surface area contributed by atoms with Crippen molar-refractivity contribution < 1.29 is 0 Å². The molecule has 2 heterocycles. The molecule has 2 N–H and O–H groups in total. The maximum atomic E-state index is 5.93. The van der Waals surface area contributed by atoms with Crippen molar-refractivity contribution in [2.75, 3.05) is 13.1 Å². The van der Waals surface area contributed by atoms with Gasteiger partial charge in [0.1, 0.15) is 0 Å². The van der Waals surface area contributed by atoms with Crippen LogP contribution < -0.4 is 5.73 Å². The Bertz CT molecular complexity index is 561. The topological polar surface area (TPSA) is 42.2 Å². The highest BCUT2D eigenvalue weighted by atomic mass is 15.2. The fourth-order valence-electron chi connectivity index (χ4n) is 3.18. The normalized spacial score (nSPS) is 24.1. The SMILES string of the molecule is CC1CCN(Cc2ccnc3ccccc23)C1CN. The predicted octanol–water partition coefficient (Wildman–Crippen LogP) is 2.40. The molecule has 1 aromatic carbocycles. The van der Waals surface area contributed by atoms with E-state index in [9.17, 15) is 0 Å². The van der Waals surface area contributed by atoms with E-state index in [1.165, 1.54) is 17.4 Å². The van der Waals surface area contributed by atoms with Crippen LogP contribution in [0.2, 0.25) is 0 Å². The van der Waals surface area contributed by atoms with Crippen LogP contribution in [0.3, 0.4) is 0 Å². The molecule has 0 amide bonds. The maximum Gasteiger partial charge on any atom is 0.0705 e. The fourth-order valence-corrected chi connectivity index (χ4v) is 3.18. The zero-order valence-corrected chi connectivity index (χ0v) is 11.4. The minimum atomic E-state index is 0.520. The number of hydrogen-bond acceptors (Lipinski definition) is 3. The van der Waals surface area contributed by atoms with Crippen molar-refractivity contribution in [1.82, 2.24) is 9.88 Å². The average molecular weight is 255 g/mol. The molecule has 2 aromatic rings. The van der Waals surface area contributed by atoms with Crippen molar-refractivity contribution in [1.29, 1.82) is 0 Å². The van der Waals surface area contributed by atoms with E-state index in [1.54, 1.807) is 0 Å². The largest absolute Gasteiger partial charge is 0.329 e. The van der Waals surface area contributed by atoms with Crippen LogP contribution in [-0.2, 0) is 6.54 Å². The van der Waals surface area contributed by atoms with Gasteiger partial charge in [-0.2, -0.15) is 0 Å². The molecule has 0 saturated carbocycles. The number of pyridine rings is 1. The van der Waals surface area contributed by atoms with Crippen molar-refractivity contribution >= 4 is 10.9 Å². The summed E-state index contributed by atoms with van der Waals surface area (Å²) >= 11 is 0. The van der Waals surface area contributed by atoms with Crippen LogP contribution >= 0.6 is 0 Å². The molecule has 1 fully saturated rings. The Kier molecular flexibility index (Phi) is 3.49. The highest BCUT2D eigenvalue weighted by Crippen LogP contribution is 2.26. The number of benzene rings is 1. The Morgan fingerprint density at radius 1 is 1.32 bits per heavy atom. The summed E-state index contributed by atoms with van der Waals surface area (Å²) < 4.78 is 0. The molecular weight excluding hydrogens is 234 g/mol. The van der Waals surface area contributed by atoms with Gasteiger partial charge in [-0.05, 0) is 36.6 Å².